The fourth-order valence-electron chi connectivity index (χ4n) is 1.82. The molecule has 1 aliphatic heterocycles. The molecule has 0 aliphatic carbocycles. The van der Waals surface area contributed by atoms with Gasteiger partial charge in [0.2, 0.25) is 5.91 Å². The SMILES string of the molecule is CC(=O)NC(CS(=O)(=O)C1CCOCC1)C(=O)O. The van der Waals surface area contributed by atoms with Gasteiger partial charge in [0.05, 0.1) is 11.0 Å². The summed E-state index contributed by atoms with van der Waals surface area (Å²) in [4.78, 5) is 21.7. The van der Waals surface area contributed by atoms with Crippen LogP contribution in [0.15, 0.2) is 0 Å². The van der Waals surface area contributed by atoms with Gasteiger partial charge in [-0.15, -0.1) is 0 Å². The molecule has 0 saturated carbocycles. The van der Waals surface area contributed by atoms with Gasteiger partial charge < -0.3 is 15.2 Å². The molecule has 1 rings (SSSR count). The van der Waals surface area contributed by atoms with Crippen molar-refractivity contribution in [1.29, 1.82) is 0 Å². The summed E-state index contributed by atoms with van der Waals surface area (Å²) in [5.41, 5.74) is 0. The average Bonchev–Trinajstić information content (AvgIpc) is 2.28. The van der Waals surface area contributed by atoms with E-state index in [1.54, 1.807) is 0 Å². The van der Waals surface area contributed by atoms with E-state index in [9.17, 15) is 18.0 Å². The lowest BCUT2D eigenvalue weighted by atomic mass is 10.2. The van der Waals surface area contributed by atoms with Crippen LogP contribution >= 0.6 is 0 Å². The second-order valence-electron chi connectivity index (χ2n) is 4.23. The molecule has 18 heavy (non-hydrogen) atoms. The van der Waals surface area contributed by atoms with E-state index in [1.165, 1.54) is 0 Å². The lowest BCUT2D eigenvalue weighted by Crippen LogP contribution is -2.46. The van der Waals surface area contributed by atoms with Crippen molar-refractivity contribution in [1.82, 2.24) is 5.32 Å². The Morgan fingerprint density at radius 2 is 1.94 bits per heavy atom. The molecule has 1 saturated heterocycles. The van der Waals surface area contributed by atoms with Gasteiger partial charge in [0, 0.05) is 20.1 Å². The summed E-state index contributed by atoms with van der Waals surface area (Å²) in [6.07, 6.45) is 0.740. The molecular formula is C10H17NO6S. The first kappa shape index (κ1) is 14.9. The number of ether oxygens (including phenoxy) is 1. The lowest BCUT2D eigenvalue weighted by Gasteiger charge is -2.23. The van der Waals surface area contributed by atoms with Gasteiger partial charge in [-0.3, -0.25) is 4.79 Å². The molecule has 0 spiro atoms. The summed E-state index contributed by atoms with van der Waals surface area (Å²) >= 11 is 0. The van der Waals surface area contributed by atoms with Gasteiger partial charge in [-0.25, -0.2) is 13.2 Å². The maximum atomic E-state index is 12.0. The maximum Gasteiger partial charge on any atom is 0.327 e. The highest BCUT2D eigenvalue weighted by Gasteiger charge is 2.33. The maximum absolute atomic E-state index is 12.0. The van der Waals surface area contributed by atoms with Gasteiger partial charge in [-0.05, 0) is 12.8 Å². The predicted molar refractivity (Wildman–Crippen MR) is 62.9 cm³/mol. The Bertz CT molecular complexity index is 412. The van der Waals surface area contributed by atoms with Crippen LogP contribution in [0.1, 0.15) is 19.8 Å². The van der Waals surface area contributed by atoms with Crippen molar-refractivity contribution in [3.63, 3.8) is 0 Å². The van der Waals surface area contributed by atoms with Gasteiger partial charge in [-0.2, -0.15) is 0 Å². The number of carbonyl (C=O) groups excluding carboxylic acids is 1. The molecule has 0 radical (unpaired) electrons. The van der Waals surface area contributed by atoms with Crippen LogP contribution in [0.4, 0.5) is 0 Å². The molecule has 2 N–H and O–H groups in total. The van der Waals surface area contributed by atoms with Gasteiger partial charge in [0.1, 0.15) is 6.04 Å². The molecule has 1 fully saturated rings. The molecule has 104 valence electrons. The number of amides is 1. The minimum Gasteiger partial charge on any atom is -0.480 e. The molecular weight excluding hydrogens is 262 g/mol. The average molecular weight is 279 g/mol. The number of nitrogens with one attached hydrogen (secondary N) is 1. The number of hydrogen-bond donors (Lipinski definition) is 2. The third-order valence-corrected chi connectivity index (χ3v) is 5.04. The van der Waals surface area contributed by atoms with E-state index < -0.39 is 38.8 Å². The molecule has 1 atom stereocenters. The molecule has 7 nitrogen and oxygen atoms in total. The van der Waals surface area contributed by atoms with Crippen LogP contribution < -0.4 is 5.32 Å². The van der Waals surface area contributed by atoms with Crippen molar-refractivity contribution in [3.05, 3.63) is 0 Å². The second kappa shape index (κ2) is 6.14. The van der Waals surface area contributed by atoms with Crippen LogP contribution in [0.2, 0.25) is 0 Å². The first-order valence-corrected chi connectivity index (χ1v) is 7.33. The summed E-state index contributed by atoms with van der Waals surface area (Å²) in [7, 11) is -3.55. The number of rotatable bonds is 5. The Kier molecular flexibility index (Phi) is 5.09. The third-order valence-electron chi connectivity index (χ3n) is 2.75. The first-order chi connectivity index (χ1) is 8.33. The second-order valence-corrected chi connectivity index (χ2v) is 6.56. The summed E-state index contributed by atoms with van der Waals surface area (Å²) in [5.74, 6) is -2.49. The van der Waals surface area contributed by atoms with Crippen molar-refractivity contribution in [2.24, 2.45) is 0 Å². The van der Waals surface area contributed by atoms with Gasteiger partial charge in [-0.1, -0.05) is 0 Å². The zero-order valence-electron chi connectivity index (χ0n) is 10.1. The molecule has 1 amide bonds. The van der Waals surface area contributed by atoms with Crippen molar-refractivity contribution in [3.8, 4) is 0 Å². The third kappa shape index (κ3) is 4.26. The fourth-order valence-corrected chi connectivity index (χ4v) is 3.70. The van der Waals surface area contributed by atoms with Crippen LogP contribution in [0, 0.1) is 0 Å². The van der Waals surface area contributed by atoms with Crippen molar-refractivity contribution < 1.29 is 27.9 Å². The van der Waals surface area contributed by atoms with Crippen LogP contribution in [0.25, 0.3) is 0 Å². The Hall–Kier alpha value is -1.15. The number of carboxylic acid groups (broad SMARTS) is 1. The van der Waals surface area contributed by atoms with Crippen molar-refractivity contribution >= 4 is 21.7 Å². The standard InChI is InChI=1S/C10H17NO6S/c1-7(12)11-9(10(13)14)6-18(15,16)8-2-4-17-5-3-8/h8-9H,2-6H2,1H3,(H,11,12)(H,13,14). The molecule has 8 heteroatoms. The minimum absolute atomic E-state index is 0.363. The summed E-state index contributed by atoms with van der Waals surface area (Å²) < 4.78 is 29.1. The Morgan fingerprint density at radius 3 is 2.39 bits per heavy atom. The highest BCUT2D eigenvalue weighted by Crippen LogP contribution is 2.17. The molecule has 1 unspecified atom stereocenters. The van der Waals surface area contributed by atoms with E-state index in [0.29, 0.717) is 26.1 Å². The van der Waals surface area contributed by atoms with E-state index >= 15 is 0 Å². The van der Waals surface area contributed by atoms with E-state index in [4.69, 9.17) is 9.84 Å². The highest BCUT2D eigenvalue weighted by atomic mass is 32.2. The van der Waals surface area contributed by atoms with Gasteiger partial charge in [0.25, 0.3) is 0 Å². The number of carbonyl (C=O) groups is 2. The summed E-state index contributed by atoms with van der Waals surface area (Å²) in [5, 5.41) is 10.4. The molecule has 0 aromatic rings. The van der Waals surface area contributed by atoms with Crippen LogP contribution in [0.5, 0.6) is 0 Å². The predicted octanol–water partition coefficient (Wildman–Crippen LogP) is -0.830. The Labute approximate surface area is 105 Å². The first-order valence-electron chi connectivity index (χ1n) is 5.62. The van der Waals surface area contributed by atoms with Crippen LogP contribution in [0.3, 0.4) is 0 Å². The van der Waals surface area contributed by atoms with E-state index in [1.807, 2.05) is 0 Å². The number of carboxylic acids is 1. The van der Waals surface area contributed by atoms with E-state index in [2.05, 4.69) is 5.32 Å². The quantitative estimate of drug-likeness (QED) is 0.679. The Balaban J connectivity index is 2.71. The normalized spacial score (nSPS) is 19.2. The highest BCUT2D eigenvalue weighted by molar-refractivity contribution is 7.92. The minimum atomic E-state index is -3.55. The largest absolute Gasteiger partial charge is 0.480 e. The Morgan fingerprint density at radius 1 is 1.39 bits per heavy atom. The molecule has 1 aliphatic rings. The smallest absolute Gasteiger partial charge is 0.327 e. The van der Waals surface area contributed by atoms with Crippen molar-refractivity contribution in [2.75, 3.05) is 19.0 Å². The van der Waals surface area contributed by atoms with Gasteiger partial charge >= 0.3 is 5.97 Å². The molecule has 0 bridgehead atoms. The monoisotopic (exact) mass is 279 g/mol. The number of sulfone groups is 1. The topological polar surface area (TPSA) is 110 Å². The van der Waals surface area contributed by atoms with Crippen molar-refractivity contribution in [2.45, 2.75) is 31.1 Å². The van der Waals surface area contributed by atoms with Crippen LogP contribution in [-0.2, 0) is 24.2 Å². The zero-order valence-corrected chi connectivity index (χ0v) is 10.9. The van der Waals surface area contributed by atoms with Crippen LogP contribution in [-0.4, -0.2) is 55.7 Å². The summed E-state index contributed by atoms with van der Waals surface area (Å²) in [6.45, 7) is 1.88. The molecule has 1 heterocycles. The molecule has 0 aromatic heterocycles. The van der Waals surface area contributed by atoms with Gasteiger partial charge in [0.15, 0.2) is 9.84 Å². The summed E-state index contributed by atoms with van der Waals surface area (Å²) in [6, 6.07) is -1.39. The van der Waals surface area contributed by atoms with E-state index in [0.717, 1.165) is 6.92 Å². The number of hydrogen-bond acceptors (Lipinski definition) is 5. The lowest BCUT2D eigenvalue weighted by molar-refractivity contribution is -0.140. The molecule has 0 aromatic carbocycles. The van der Waals surface area contributed by atoms with E-state index in [-0.39, 0.29) is 0 Å². The zero-order chi connectivity index (χ0) is 13.8. The number of aliphatic carboxylic acids is 1. The fraction of sp³-hybridized carbons (Fsp3) is 0.800.